The largest absolute Gasteiger partial charge is 0.477 e. The molecule has 0 saturated carbocycles. The molecule has 0 aliphatic carbocycles. The molecule has 0 aromatic carbocycles. The third-order valence-electron chi connectivity index (χ3n) is 3.27. The molecule has 0 bridgehead atoms. The van der Waals surface area contributed by atoms with Gasteiger partial charge in [0.15, 0.2) is 0 Å². The first-order valence-electron chi connectivity index (χ1n) is 5.77. The number of hydrogen-bond donors (Lipinski definition) is 1. The van der Waals surface area contributed by atoms with Crippen LogP contribution in [0.25, 0.3) is 0 Å². The van der Waals surface area contributed by atoms with E-state index in [1.54, 1.807) is 0 Å². The van der Waals surface area contributed by atoms with Crippen molar-refractivity contribution in [1.29, 1.82) is 0 Å². The number of hydrogen-bond acceptors (Lipinski definition) is 3. The van der Waals surface area contributed by atoms with Gasteiger partial charge in [0.05, 0.1) is 6.04 Å². The van der Waals surface area contributed by atoms with E-state index < -0.39 is 23.7 Å². The predicted octanol–water partition coefficient (Wildman–Crippen LogP) is 0.761. The van der Waals surface area contributed by atoms with E-state index in [0.29, 0.717) is 13.0 Å². The summed E-state index contributed by atoms with van der Waals surface area (Å²) in [5.74, 6) is -1.28. The van der Waals surface area contributed by atoms with E-state index in [2.05, 4.69) is 0 Å². The van der Waals surface area contributed by atoms with E-state index in [4.69, 9.17) is 5.11 Å². The number of rotatable bonds is 2. The van der Waals surface area contributed by atoms with Gasteiger partial charge in [-0.3, -0.25) is 4.79 Å². The van der Waals surface area contributed by atoms with Gasteiger partial charge in [-0.15, -0.1) is 0 Å². The fourth-order valence-electron chi connectivity index (χ4n) is 2.29. The number of carboxylic acid groups (broad SMARTS) is 1. The van der Waals surface area contributed by atoms with Gasteiger partial charge in [-0.1, -0.05) is 0 Å². The number of carboxylic acids is 1. The van der Waals surface area contributed by atoms with Crippen molar-refractivity contribution in [3.8, 4) is 0 Å². The third-order valence-corrected chi connectivity index (χ3v) is 3.27. The maximum Gasteiger partial charge on any atom is 0.341 e. The van der Waals surface area contributed by atoms with Crippen LogP contribution in [0.1, 0.15) is 22.8 Å². The first kappa shape index (κ1) is 12.8. The van der Waals surface area contributed by atoms with Crippen molar-refractivity contribution >= 4 is 5.97 Å². The van der Waals surface area contributed by atoms with Crippen molar-refractivity contribution < 1.29 is 14.3 Å². The molecule has 98 valence electrons. The standard InChI is InChI=1S/C12H15FN2O3/c1-14-6-4-10(9(13)7-14)15-5-2-3-8(11(15)16)12(17)18/h2-3,5,9-10H,4,6-7H2,1H3,(H,17,18)/t9-,10-/m1/s1. The molecule has 1 aliphatic heterocycles. The zero-order valence-electron chi connectivity index (χ0n) is 10.0. The Morgan fingerprint density at radius 3 is 2.89 bits per heavy atom. The van der Waals surface area contributed by atoms with Crippen molar-refractivity contribution in [3.05, 3.63) is 34.2 Å². The van der Waals surface area contributed by atoms with Gasteiger partial charge in [0.2, 0.25) is 0 Å². The third kappa shape index (κ3) is 2.28. The molecule has 1 fully saturated rings. The van der Waals surface area contributed by atoms with Crippen LogP contribution in [0.5, 0.6) is 0 Å². The highest BCUT2D eigenvalue weighted by Gasteiger charge is 2.30. The van der Waals surface area contributed by atoms with Gasteiger partial charge in [0.1, 0.15) is 11.7 Å². The van der Waals surface area contributed by atoms with Gasteiger partial charge in [-0.05, 0) is 25.6 Å². The van der Waals surface area contributed by atoms with Gasteiger partial charge < -0.3 is 14.6 Å². The van der Waals surface area contributed by atoms with Gasteiger partial charge in [-0.25, -0.2) is 9.18 Å². The molecule has 2 rings (SSSR count). The first-order valence-corrected chi connectivity index (χ1v) is 5.77. The zero-order chi connectivity index (χ0) is 13.3. The normalized spacial score (nSPS) is 25.0. The number of halogens is 1. The molecular weight excluding hydrogens is 239 g/mol. The fraction of sp³-hybridized carbons (Fsp3) is 0.500. The fourth-order valence-corrected chi connectivity index (χ4v) is 2.29. The summed E-state index contributed by atoms with van der Waals surface area (Å²) in [6.45, 7) is 0.948. The van der Waals surface area contributed by atoms with Crippen LogP contribution >= 0.6 is 0 Å². The smallest absolute Gasteiger partial charge is 0.341 e. The summed E-state index contributed by atoms with van der Waals surface area (Å²) in [6.07, 6.45) is 0.795. The molecule has 0 unspecified atom stereocenters. The van der Waals surface area contributed by atoms with E-state index in [0.717, 1.165) is 0 Å². The van der Waals surface area contributed by atoms with E-state index in [1.807, 2.05) is 11.9 Å². The highest BCUT2D eigenvalue weighted by molar-refractivity contribution is 5.86. The number of likely N-dealkylation sites (tertiary alicyclic amines) is 1. The van der Waals surface area contributed by atoms with E-state index in [9.17, 15) is 14.0 Å². The number of alkyl halides is 1. The molecule has 1 aromatic rings. The number of aromatic carboxylic acids is 1. The summed E-state index contributed by atoms with van der Waals surface area (Å²) in [6, 6.07) is 2.13. The maximum atomic E-state index is 13.9. The molecule has 0 radical (unpaired) electrons. The summed E-state index contributed by atoms with van der Waals surface area (Å²) in [4.78, 5) is 24.7. The summed E-state index contributed by atoms with van der Waals surface area (Å²) in [5.41, 5.74) is -0.953. The van der Waals surface area contributed by atoms with E-state index >= 15 is 0 Å². The second-order valence-corrected chi connectivity index (χ2v) is 4.57. The van der Waals surface area contributed by atoms with Crippen LogP contribution in [0.3, 0.4) is 0 Å². The molecule has 1 aromatic heterocycles. The lowest BCUT2D eigenvalue weighted by atomic mass is 10.0. The predicted molar refractivity (Wildman–Crippen MR) is 63.7 cm³/mol. The quantitative estimate of drug-likeness (QED) is 0.846. The van der Waals surface area contributed by atoms with Crippen LogP contribution in [0.4, 0.5) is 4.39 Å². The molecule has 1 saturated heterocycles. The Kier molecular flexibility index (Phi) is 3.47. The number of aromatic nitrogens is 1. The SMILES string of the molecule is CN1CC[C@@H](n2cccc(C(=O)O)c2=O)[C@H](F)C1. The Bertz CT molecular complexity index is 514. The van der Waals surface area contributed by atoms with Crippen LogP contribution in [0.2, 0.25) is 0 Å². The summed E-state index contributed by atoms with van der Waals surface area (Å²) < 4.78 is 15.2. The molecule has 0 spiro atoms. The zero-order valence-corrected chi connectivity index (χ0v) is 10.0. The van der Waals surface area contributed by atoms with Crippen molar-refractivity contribution in [2.24, 2.45) is 0 Å². The van der Waals surface area contributed by atoms with Crippen LogP contribution in [0, 0.1) is 0 Å². The van der Waals surface area contributed by atoms with E-state index in [1.165, 1.54) is 22.9 Å². The molecule has 18 heavy (non-hydrogen) atoms. The topological polar surface area (TPSA) is 62.5 Å². The van der Waals surface area contributed by atoms with Crippen LogP contribution in [-0.2, 0) is 0 Å². The molecule has 1 aliphatic rings. The molecular formula is C12H15FN2O3. The number of carbonyl (C=O) groups is 1. The summed E-state index contributed by atoms with van der Waals surface area (Å²) in [5, 5.41) is 8.88. The average molecular weight is 254 g/mol. The van der Waals surface area contributed by atoms with Crippen molar-refractivity contribution in [2.75, 3.05) is 20.1 Å². The van der Waals surface area contributed by atoms with Gasteiger partial charge >= 0.3 is 5.97 Å². The highest BCUT2D eigenvalue weighted by atomic mass is 19.1. The lowest BCUT2D eigenvalue weighted by molar-refractivity contribution is 0.0690. The van der Waals surface area contributed by atoms with Gasteiger partial charge in [0, 0.05) is 19.3 Å². The monoisotopic (exact) mass is 254 g/mol. The Hall–Kier alpha value is -1.69. The van der Waals surface area contributed by atoms with Crippen LogP contribution in [0.15, 0.2) is 23.1 Å². The number of nitrogens with zero attached hydrogens (tertiary/aromatic N) is 2. The van der Waals surface area contributed by atoms with Crippen LogP contribution < -0.4 is 5.56 Å². The Morgan fingerprint density at radius 1 is 1.56 bits per heavy atom. The van der Waals surface area contributed by atoms with Gasteiger partial charge in [0.25, 0.3) is 5.56 Å². The minimum absolute atomic E-state index is 0.258. The second kappa shape index (κ2) is 4.89. The summed E-state index contributed by atoms with van der Waals surface area (Å²) in [7, 11) is 1.82. The number of pyridine rings is 1. The molecule has 0 amide bonds. The minimum Gasteiger partial charge on any atom is -0.477 e. The second-order valence-electron chi connectivity index (χ2n) is 4.57. The molecule has 1 N–H and O–H groups in total. The Morgan fingerprint density at radius 2 is 2.28 bits per heavy atom. The minimum atomic E-state index is -1.28. The lowest BCUT2D eigenvalue weighted by Crippen LogP contribution is -2.43. The Balaban J connectivity index is 2.37. The van der Waals surface area contributed by atoms with E-state index in [-0.39, 0.29) is 12.1 Å². The molecule has 2 heterocycles. The lowest BCUT2D eigenvalue weighted by Gasteiger charge is -2.33. The van der Waals surface area contributed by atoms with Gasteiger partial charge in [-0.2, -0.15) is 0 Å². The summed E-state index contributed by atoms with van der Waals surface area (Å²) >= 11 is 0. The Labute approximate surface area is 103 Å². The first-order chi connectivity index (χ1) is 8.50. The van der Waals surface area contributed by atoms with Crippen molar-refractivity contribution in [2.45, 2.75) is 18.6 Å². The van der Waals surface area contributed by atoms with Crippen LogP contribution in [-0.4, -0.2) is 46.9 Å². The maximum absolute atomic E-state index is 13.9. The highest BCUT2D eigenvalue weighted by Crippen LogP contribution is 2.23. The number of piperidine rings is 1. The van der Waals surface area contributed by atoms with Crippen molar-refractivity contribution in [1.82, 2.24) is 9.47 Å². The molecule has 6 heteroatoms. The average Bonchev–Trinajstić information content (AvgIpc) is 2.30. The van der Waals surface area contributed by atoms with Crippen molar-refractivity contribution in [3.63, 3.8) is 0 Å². The molecule has 2 atom stereocenters. The molecule has 5 nitrogen and oxygen atoms in total.